The number of rotatable bonds is 6. The number of ether oxygens (including phenoxy) is 2. The van der Waals surface area contributed by atoms with Crippen molar-refractivity contribution in [1.82, 2.24) is 4.98 Å². The molecule has 1 amide bonds. The van der Waals surface area contributed by atoms with E-state index in [4.69, 9.17) is 13.9 Å². The van der Waals surface area contributed by atoms with E-state index in [0.29, 0.717) is 40.1 Å². The summed E-state index contributed by atoms with van der Waals surface area (Å²) in [5, 5.41) is 3.14. The molecule has 7 nitrogen and oxygen atoms in total. The van der Waals surface area contributed by atoms with E-state index < -0.39 is 5.63 Å². The molecule has 0 aliphatic carbocycles. The summed E-state index contributed by atoms with van der Waals surface area (Å²) in [6.07, 6.45) is 0.453. The second-order valence-corrected chi connectivity index (χ2v) is 6.75. The first kappa shape index (κ1) is 19.4. The van der Waals surface area contributed by atoms with Gasteiger partial charge in [-0.15, -0.1) is 0 Å². The fraction of sp³-hybridized carbons (Fsp3) is 0.286. The van der Waals surface area contributed by atoms with Crippen molar-refractivity contribution in [3.63, 3.8) is 0 Å². The largest absolute Gasteiger partial charge is 0.493 e. The standard InChI is InChI=1S/C21H22N2O5/c1-12(2)9-19(24)22-14-7-5-13(6-8-14)20-23-16-11-18(27-4)17(26-3)10-15(16)21(25)28-20/h5-8,10-12H,9H2,1-4H3,(H,22,24). The van der Waals surface area contributed by atoms with Crippen LogP contribution >= 0.6 is 0 Å². The fourth-order valence-electron chi connectivity index (χ4n) is 2.80. The zero-order valence-corrected chi connectivity index (χ0v) is 16.2. The molecule has 3 rings (SSSR count). The number of hydrogen-bond donors (Lipinski definition) is 1. The molecule has 0 radical (unpaired) electrons. The molecule has 2 aromatic carbocycles. The predicted octanol–water partition coefficient (Wildman–Crippen LogP) is 3.86. The molecule has 0 aliphatic heterocycles. The summed E-state index contributed by atoms with van der Waals surface area (Å²) < 4.78 is 15.9. The number of amides is 1. The minimum absolute atomic E-state index is 0.0424. The van der Waals surface area contributed by atoms with E-state index in [1.165, 1.54) is 14.2 Å². The lowest BCUT2D eigenvalue weighted by Crippen LogP contribution is -2.13. The number of anilines is 1. The maximum absolute atomic E-state index is 12.4. The van der Waals surface area contributed by atoms with Crippen LogP contribution < -0.4 is 20.4 Å². The van der Waals surface area contributed by atoms with Crippen LogP contribution in [0.3, 0.4) is 0 Å². The average Bonchev–Trinajstić information content (AvgIpc) is 2.66. The van der Waals surface area contributed by atoms with Gasteiger partial charge in [0.25, 0.3) is 0 Å². The Kier molecular flexibility index (Phi) is 5.63. The number of nitrogens with one attached hydrogen (secondary N) is 1. The Hall–Kier alpha value is -3.35. The third-order valence-electron chi connectivity index (χ3n) is 4.14. The molecule has 7 heteroatoms. The van der Waals surface area contributed by atoms with Gasteiger partial charge < -0.3 is 19.2 Å². The topological polar surface area (TPSA) is 90.7 Å². The number of methoxy groups -OCH3 is 2. The molecular formula is C21H22N2O5. The number of fused-ring (bicyclic) bond motifs is 1. The Bertz CT molecular complexity index is 1050. The van der Waals surface area contributed by atoms with E-state index in [-0.39, 0.29) is 17.7 Å². The van der Waals surface area contributed by atoms with Crippen molar-refractivity contribution in [2.45, 2.75) is 20.3 Å². The van der Waals surface area contributed by atoms with Gasteiger partial charge in [-0.25, -0.2) is 9.78 Å². The number of hydrogen-bond acceptors (Lipinski definition) is 6. The van der Waals surface area contributed by atoms with Crippen LogP contribution in [0.4, 0.5) is 5.69 Å². The van der Waals surface area contributed by atoms with Gasteiger partial charge in [0, 0.05) is 29.8 Å². The van der Waals surface area contributed by atoms with E-state index in [0.717, 1.165) is 0 Å². The van der Waals surface area contributed by atoms with Crippen molar-refractivity contribution in [3.05, 3.63) is 46.8 Å². The fourth-order valence-corrected chi connectivity index (χ4v) is 2.80. The maximum Gasteiger partial charge on any atom is 0.347 e. The summed E-state index contributed by atoms with van der Waals surface area (Å²) in [5.41, 5.74) is 1.22. The number of benzene rings is 2. The number of carbonyl (C=O) groups is 1. The van der Waals surface area contributed by atoms with Gasteiger partial charge in [-0.05, 0) is 30.2 Å². The molecule has 28 heavy (non-hydrogen) atoms. The number of aromatic nitrogens is 1. The van der Waals surface area contributed by atoms with Gasteiger partial charge in [0.2, 0.25) is 11.8 Å². The third-order valence-corrected chi connectivity index (χ3v) is 4.14. The third kappa shape index (κ3) is 4.14. The highest BCUT2D eigenvalue weighted by atomic mass is 16.5. The smallest absolute Gasteiger partial charge is 0.347 e. The lowest BCUT2D eigenvalue weighted by atomic mass is 10.1. The Morgan fingerprint density at radius 1 is 1.11 bits per heavy atom. The molecule has 1 heterocycles. The summed E-state index contributed by atoms with van der Waals surface area (Å²) in [6.45, 7) is 3.97. The lowest BCUT2D eigenvalue weighted by molar-refractivity contribution is -0.116. The van der Waals surface area contributed by atoms with Crippen molar-refractivity contribution in [2.75, 3.05) is 19.5 Å². The quantitative estimate of drug-likeness (QED) is 0.696. The molecule has 0 bridgehead atoms. The SMILES string of the molecule is COc1cc2nc(-c3ccc(NC(=O)CC(C)C)cc3)oc(=O)c2cc1OC. The summed E-state index contributed by atoms with van der Waals surface area (Å²) in [4.78, 5) is 28.7. The van der Waals surface area contributed by atoms with Crippen LogP contribution in [0.1, 0.15) is 20.3 Å². The number of nitrogens with zero attached hydrogens (tertiary/aromatic N) is 1. The molecule has 0 saturated heterocycles. The highest BCUT2D eigenvalue weighted by molar-refractivity contribution is 5.91. The minimum atomic E-state index is -0.518. The first-order valence-corrected chi connectivity index (χ1v) is 8.88. The highest BCUT2D eigenvalue weighted by Crippen LogP contribution is 2.31. The van der Waals surface area contributed by atoms with Gasteiger partial charge in [0.1, 0.15) is 0 Å². The van der Waals surface area contributed by atoms with Crippen LogP contribution in [0, 0.1) is 5.92 Å². The predicted molar refractivity (Wildman–Crippen MR) is 107 cm³/mol. The molecule has 0 unspecified atom stereocenters. The molecule has 0 spiro atoms. The summed E-state index contributed by atoms with van der Waals surface area (Å²) in [7, 11) is 3.01. The van der Waals surface area contributed by atoms with Crippen LogP contribution in [0.25, 0.3) is 22.4 Å². The zero-order chi connectivity index (χ0) is 20.3. The van der Waals surface area contributed by atoms with Gasteiger partial charge in [-0.3, -0.25) is 4.79 Å². The average molecular weight is 382 g/mol. The van der Waals surface area contributed by atoms with Gasteiger partial charge in [-0.2, -0.15) is 0 Å². The Morgan fingerprint density at radius 2 is 1.75 bits per heavy atom. The van der Waals surface area contributed by atoms with E-state index in [9.17, 15) is 9.59 Å². The summed E-state index contributed by atoms with van der Waals surface area (Å²) >= 11 is 0. The molecule has 1 N–H and O–H groups in total. The van der Waals surface area contributed by atoms with E-state index in [1.807, 2.05) is 13.8 Å². The Morgan fingerprint density at radius 3 is 2.36 bits per heavy atom. The molecule has 0 atom stereocenters. The van der Waals surface area contributed by atoms with Crippen molar-refractivity contribution in [2.24, 2.45) is 5.92 Å². The molecule has 0 aliphatic rings. The zero-order valence-electron chi connectivity index (χ0n) is 16.2. The first-order chi connectivity index (χ1) is 13.4. The molecule has 146 valence electrons. The van der Waals surface area contributed by atoms with Crippen LogP contribution in [-0.4, -0.2) is 25.1 Å². The molecular weight excluding hydrogens is 360 g/mol. The summed E-state index contributed by atoms with van der Waals surface area (Å²) in [5.74, 6) is 1.33. The molecule has 0 saturated carbocycles. The van der Waals surface area contributed by atoms with Crippen molar-refractivity contribution >= 4 is 22.5 Å². The van der Waals surface area contributed by atoms with Gasteiger partial charge in [0.05, 0.1) is 25.1 Å². The van der Waals surface area contributed by atoms with Gasteiger partial charge in [0.15, 0.2) is 11.5 Å². The van der Waals surface area contributed by atoms with Gasteiger partial charge >= 0.3 is 5.63 Å². The van der Waals surface area contributed by atoms with Crippen LogP contribution in [0.15, 0.2) is 45.6 Å². The Balaban J connectivity index is 1.93. The second kappa shape index (κ2) is 8.12. The lowest BCUT2D eigenvalue weighted by Gasteiger charge is -2.09. The van der Waals surface area contributed by atoms with E-state index in [1.54, 1.807) is 36.4 Å². The first-order valence-electron chi connectivity index (χ1n) is 8.88. The monoisotopic (exact) mass is 382 g/mol. The van der Waals surface area contributed by atoms with Crippen LogP contribution in [0.2, 0.25) is 0 Å². The van der Waals surface area contributed by atoms with Crippen molar-refractivity contribution in [1.29, 1.82) is 0 Å². The minimum Gasteiger partial charge on any atom is -0.493 e. The van der Waals surface area contributed by atoms with Crippen molar-refractivity contribution in [3.8, 4) is 23.0 Å². The second-order valence-electron chi connectivity index (χ2n) is 6.75. The van der Waals surface area contributed by atoms with Gasteiger partial charge in [-0.1, -0.05) is 13.8 Å². The highest BCUT2D eigenvalue weighted by Gasteiger charge is 2.14. The normalized spacial score (nSPS) is 10.9. The summed E-state index contributed by atoms with van der Waals surface area (Å²) in [6, 6.07) is 10.1. The maximum atomic E-state index is 12.4. The van der Waals surface area contributed by atoms with Crippen LogP contribution in [0.5, 0.6) is 11.5 Å². The van der Waals surface area contributed by atoms with Crippen molar-refractivity contribution < 1.29 is 18.7 Å². The number of carbonyl (C=O) groups excluding carboxylic acids is 1. The molecule has 0 fully saturated rings. The molecule has 1 aromatic heterocycles. The van der Waals surface area contributed by atoms with Crippen LogP contribution in [-0.2, 0) is 4.79 Å². The van der Waals surface area contributed by atoms with E-state index in [2.05, 4.69) is 10.3 Å². The van der Waals surface area contributed by atoms with E-state index >= 15 is 0 Å². The Labute approximate surface area is 162 Å². The molecule has 3 aromatic rings.